The fourth-order valence-electron chi connectivity index (χ4n) is 6.83. The van der Waals surface area contributed by atoms with Crippen LogP contribution < -0.4 is 0 Å². The summed E-state index contributed by atoms with van der Waals surface area (Å²) in [5.41, 5.74) is 5.86. The van der Waals surface area contributed by atoms with E-state index in [1.54, 1.807) is 11.3 Å². The van der Waals surface area contributed by atoms with Crippen molar-refractivity contribution in [1.29, 1.82) is 0 Å². The molecule has 3 heterocycles. The molecule has 43 heavy (non-hydrogen) atoms. The van der Waals surface area contributed by atoms with Gasteiger partial charge in [0.15, 0.2) is 0 Å². The van der Waals surface area contributed by atoms with Crippen LogP contribution in [0.4, 0.5) is 0 Å². The zero-order chi connectivity index (χ0) is 28.1. The van der Waals surface area contributed by atoms with Crippen LogP contribution in [0.3, 0.4) is 0 Å². The topological polar surface area (TPSA) is 17.8 Å². The van der Waals surface area contributed by atoms with Gasteiger partial charge in [0, 0.05) is 42.2 Å². The minimum Gasteiger partial charge on any atom is -0.309 e. The smallest absolute Gasteiger partial charge is 0.124 e. The van der Waals surface area contributed by atoms with E-state index in [0.717, 1.165) is 21.8 Å². The number of benzene rings is 7. The van der Waals surface area contributed by atoms with Crippen LogP contribution in [0.25, 0.3) is 90.0 Å². The fourth-order valence-corrected chi connectivity index (χ4v) is 8.92. The van der Waals surface area contributed by atoms with E-state index in [1.165, 1.54) is 68.2 Å². The van der Waals surface area contributed by atoms with Crippen LogP contribution in [0.1, 0.15) is 0 Å². The van der Waals surface area contributed by atoms with Crippen LogP contribution in [0, 0.1) is 0 Å². The van der Waals surface area contributed by atoms with Crippen LogP contribution in [0.2, 0.25) is 0 Å². The van der Waals surface area contributed by atoms with Crippen molar-refractivity contribution in [3.63, 3.8) is 0 Å². The first kappa shape index (κ1) is 23.5. The first-order valence-electron chi connectivity index (χ1n) is 14.5. The van der Waals surface area contributed by atoms with Crippen LogP contribution in [0.5, 0.6) is 0 Å². The van der Waals surface area contributed by atoms with Crippen molar-refractivity contribution >= 4 is 96.4 Å². The van der Waals surface area contributed by atoms with Gasteiger partial charge in [-0.15, -0.1) is 22.7 Å². The Kier molecular flexibility index (Phi) is 4.78. The molecule has 0 saturated heterocycles. The van der Waals surface area contributed by atoms with E-state index in [0.29, 0.717) is 0 Å². The summed E-state index contributed by atoms with van der Waals surface area (Å²) in [6.45, 7) is 0. The maximum Gasteiger partial charge on any atom is 0.124 e. The number of hydrogen-bond acceptors (Lipinski definition) is 3. The van der Waals surface area contributed by atoms with E-state index >= 15 is 0 Å². The van der Waals surface area contributed by atoms with E-state index in [4.69, 9.17) is 4.98 Å². The molecule has 0 radical (unpaired) electrons. The summed E-state index contributed by atoms with van der Waals surface area (Å²) in [7, 11) is 0. The molecule has 0 aliphatic carbocycles. The predicted octanol–water partition coefficient (Wildman–Crippen LogP) is 11.7. The van der Waals surface area contributed by atoms with E-state index in [1.807, 2.05) is 11.3 Å². The van der Waals surface area contributed by atoms with Gasteiger partial charge in [-0.2, -0.15) is 0 Å². The molecule has 3 aromatic heterocycles. The van der Waals surface area contributed by atoms with Crippen LogP contribution >= 0.6 is 22.7 Å². The average molecular weight is 583 g/mol. The summed E-state index contributed by atoms with van der Waals surface area (Å²) in [6, 6.07) is 48.7. The molecular formula is C39H22N2S2. The first-order chi connectivity index (χ1) is 21.3. The van der Waals surface area contributed by atoms with Gasteiger partial charge in [-0.05, 0) is 82.2 Å². The molecule has 0 fully saturated rings. The zero-order valence-electron chi connectivity index (χ0n) is 22.9. The molecule has 2 nitrogen and oxygen atoms in total. The molecule has 0 atom stereocenters. The quantitative estimate of drug-likeness (QED) is 0.198. The van der Waals surface area contributed by atoms with E-state index < -0.39 is 0 Å². The minimum atomic E-state index is 1.06. The third-order valence-electron chi connectivity index (χ3n) is 8.79. The Hall–Kier alpha value is -5.03. The molecule has 0 aliphatic rings. The molecule has 0 aliphatic heterocycles. The van der Waals surface area contributed by atoms with Gasteiger partial charge >= 0.3 is 0 Å². The minimum absolute atomic E-state index is 1.06. The van der Waals surface area contributed by atoms with E-state index in [-0.39, 0.29) is 0 Å². The second kappa shape index (κ2) is 8.74. The molecule has 0 amide bonds. The standard InChI is InChI=1S/C39H22N2S2/c1-2-9-26-22-32-30(21-25(26)8-1)36-28-10-4-3-7-23(28)15-18-31(36)41(32)27-16-13-24(14-17-27)39-40-38-35(43-39)20-19-34-37(38)29-11-5-6-12-33(29)42-34/h1-22H. The molecule has 4 heteroatoms. The highest BCUT2D eigenvalue weighted by Gasteiger charge is 2.17. The molecule has 0 bridgehead atoms. The maximum atomic E-state index is 5.21. The third-order valence-corrected chi connectivity index (χ3v) is 11.0. The highest BCUT2D eigenvalue weighted by atomic mass is 32.1. The molecule has 7 aromatic carbocycles. The van der Waals surface area contributed by atoms with Crippen molar-refractivity contribution in [2.75, 3.05) is 0 Å². The molecule has 200 valence electrons. The summed E-state index contributed by atoms with van der Waals surface area (Å²) in [5.74, 6) is 0. The van der Waals surface area contributed by atoms with Crippen molar-refractivity contribution < 1.29 is 0 Å². The van der Waals surface area contributed by atoms with Crippen LogP contribution in [0.15, 0.2) is 133 Å². The average Bonchev–Trinajstić information content (AvgIpc) is 3.75. The Bertz CT molecular complexity index is 2720. The summed E-state index contributed by atoms with van der Waals surface area (Å²) in [4.78, 5) is 5.21. The van der Waals surface area contributed by atoms with Crippen molar-refractivity contribution in [2.45, 2.75) is 0 Å². The van der Waals surface area contributed by atoms with E-state index in [2.05, 4.69) is 138 Å². The van der Waals surface area contributed by atoms with E-state index in [9.17, 15) is 0 Å². The zero-order valence-corrected chi connectivity index (χ0v) is 24.5. The molecule has 0 saturated carbocycles. The Morgan fingerprint density at radius 3 is 2.05 bits per heavy atom. The van der Waals surface area contributed by atoms with Gasteiger partial charge in [0.05, 0.1) is 21.3 Å². The Labute approximate surface area is 254 Å². The fraction of sp³-hybridized carbons (Fsp3) is 0. The Morgan fingerprint density at radius 2 is 1.19 bits per heavy atom. The second-order valence-corrected chi connectivity index (χ2v) is 13.3. The lowest BCUT2D eigenvalue weighted by Crippen LogP contribution is -1.94. The van der Waals surface area contributed by atoms with Gasteiger partial charge in [-0.3, -0.25) is 0 Å². The highest BCUT2D eigenvalue weighted by Crippen LogP contribution is 2.42. The molecule has 10 rings (SSSR count). The predicted molar refractivity (Wildman–Crippen MR) is 187 cm³/mol. The summed E-state index contributed by atoms with van der Waals surface area (Å²) >= 11 is 3.62. The Balaban J connectivity index is 1.18. The maximum absolute atomic E-state index is 5.21. The number of thiophene rings is 1. The van der Waals surface area contributed by atoms with Gasteiger partial charge in [-0.1, -0.05) is 72.8 Å². The van der Waals surface area contributed by atoms with Crippen molar-refractivity contribution in [2.24, 2.45) is 0 Å². The number of rotatable bonds is 2. The van der Waals surface area contributed by atoms with Crippen molar-refractivity contribution in [1.82, 2.24) is 9.55 Å². The lowest BCUT2D eigenvalue weighted by Gasteiger charge is -2.09. The number of thiazole rings is 1. The monoisotopic (exact) mass is 582 g/mol. The number of hydrogen-bond donors (Lipinski definition) is 0. The number of aromatic nitrogens is 2. The van der Waals surface area contributed by atoms with Crippen molar-refractivity contribution in [3.05, 3.63) is 133 Å². The van der Waals surface area contributed by atoms with Crippen LogP contribution in [-0.2, 0) is 0 Å². The Morgan fingerprint density at radius 1 is 0.465 bits per heavy atom. The van der Waals surface area contributed by atoms with Gasteiger partial charge in [-0.25, -0.2) is 4.98 Å². The largest absolute Gasteiger partial charge is 0.309 e. The summed E-state index contributed by atoms with van der Waals surface area (Å²) in [6.07, 6.45) is 0. The molecule has 10 aromatic rings. The summed E-state index contributed by atoms with van der Waals surface area (Å²) in [5, 5.41) is 11.3. The SMILES string of the molecule is c1ccc2cc3c(cc2c1)c1c2ccccc2ccc1n3-c1ccc(-c2nc3c(ccc4sc5ccccc5c43)s2)cc1. The number of nitrogens with zero attached hydrogens (tertiary/aromatic N) is 2. The highest BCUT2D eigenvalue weighted by molar-refractivity contribution is 7.26. The lowest BCUT2D eigenvalue weighted by molar-refractivity contribution is 1.18. The second-order valence-electron chi connectivity index (χ2n) is 11.2. The van der Waals surface area contributed by atoms with Crippen LogP contribution in [-0.4, -0.2) is 9.55 Å². The third kappa shape index (κ3) is 3.36. The lowest BCUT2D eigenvalue weighted by atomic mass is 10.0. The molecule has 0 spiro atoms. The normalized spacial score (nSPS) is 12.2. The molecular weight excluding hydrogens is 561 g/mol. The molecule has 0 N–H and O–H groups in total. The summed E-state index contributed by atoms with van der Waals surface area (Å²) < 4.78 is 6.27. The molecule has 0 unspecified atom stereocenters. The first-order valence-corrected chi connectivity index (χ1v) is 16.1. The van der Waals surface area contributed by atoms with Gasteiger partial charge < -0.3 is 4.57 Å². The van der Waals surface area contributed by atoms with Crippen molar-refractivity contribution in [3.8, 4) is 16.3 Å². The number of fused-ring (bicyclic) bond motifs is 11. The van der Waals surface area contributed by atoms with Gasteiger partial charge in [0.2, 0.25) is 0 Å². The van der Waals surface area contributed by atoms with Gasteiger partial charge in [0.1, 0.15) is 5.01 Å². The van der Waals surface area contributed by atoms with Gasteiger partial charge in [0.25, 0.3) is 0 Å².